The smallest absolute Gasteiger partial charge is 0.248 e. The van der Waals surface area contributed by atoms with E-state index >= 15 is 0 Å². The van der Waals surface area contributed by atoms with E-state index in [1.165, 1.54) is 18.2 Å². The van der Waals surface area contributed by atoms with E-state index in [2.05, 4.69) is 15.3 Å². The third kappa shape index (κ3) is 4.58. The molecule has 0 aliphatic heterocycles. The average molecular weight is 332 g/mol. The van der Waals surface area contributed by atoms with Crippen molar-refractivity contribution in [3.8, 4) is 0 Å². The predicted octanol–water partition coefficient (Wildman–Crippen LogP) is 0.859. The summed E-state index contributed by atoms with van der Waals surface area (Å²) in [7, 11) is 0. The Morgan fingerprint density at radius 2 is 1.70 bits per heavy atom. The van der Waals surface area contributed by atoms with Crippen LogP contribution in [0.25, 0.3) is 0 Å². The highest BCUT2D eigenvalue weighted by molar-refractivity contribution is 8.00. The van der Waals surface area contributed by atoms with Crippen molar-refractivity contribution in [2.24, 2.45) is 5.73 Å². The lowest BCUT2D eigenvalue weighted by atomic mass is 10.2. The number of aromatic nitrogens is 2. The third-order valence-corrected chi connectivity index (χ3v) is 3.79. The maximum atomic E-state index is 12.2. The molecule has 2 aromatic rings. The highest BCUT2D eigenvalue weighted by Crippen LogP contribution is 2.22. The molecule has 1 unspecified atom stereocenters. The molecule has 8 nitrogen and oxygen atoms in total. The van der Waals surface area contributed by atoms with Crippen molar-refractivity contribution in [1.29, 1.82) is 0 Å². The number of nitrogens with one attached hydrogen (secondary N) is 1. The molecule has 1 heterocycles. The van der Waals surface area contributed by atoms with Crippen molar-refractivity contribution >= 4 is 40.9 Å². The number of carbonyl (C=O) groups is 2. The molecule has 7 N–H and O–H groups in total. The van der Waals surface area contributed by atoms with Gasteiger partial charge in [-0.3, -0.25) is 9.59 Å². The average Bonchev–Trinajstić information content (AvgIpc) is 2.46. The normalized spacial score (nSPS) is 11.7. The number of hydrogen-bond acceptors (Lipinski definition) is 7. The Labute approximate surface area is 136 Å². The molecule has 0 fully saturated rings. The van der Waals surface area contributed by atoms with Crippen molar-refractivity contribution in [2.45, 2.75) is 17.3 Å². The van der Waals surface area contributed by atoms with Crippen LogP contribution in [0.2, 0.25) is 0 Å². The van der Waals surface area contributed by atoms with Gasteiger partial charge in [-0.1, -0.05) is 11.8 Å². The number of benzene rings is 1. The number of amides is 2. The van der Waals surface area contributed by atoms with Crippen molar-refractivity contribution < 1.29 is 9.59 Å². The molecule has 0 saturated carbocycles. The zero-order valence-electron chi connectivity index (χ0n) is 12.3. The van der Waals surface area contributed by atoms with Crippen molar-refractivity contribution in [1.82, 2.24) is 9.97 Å². The number of nitrogens with zero attached hydrogens (tertiary/aromatic N) is 2. The van der Waals surface area contributed by atoms with E-state index in [0.717, 1.165) is 11.8 Å². The number of nitrogen functional groups attached to an aromatic ring is 2. The van der Waals surface area contributed by atoms with Gasteiger partial charge >= 0.3 is 0 Å². The lowest BCUT2D eigenvalue weighted by molar-refractivity contribution is -0.115. The number of anilines is 3. The first kappa shape index (κ1) is 16.6. The molecule has 2 amide bonds. The predicted molar refractivity (Wildman–Crippen MR) is 89.8 cm³/mol. The second kappa shape index (κ2) is 6.97. The molecule has 1 atom stereocenters. The Morgan fingerprint density at radius 3 is 2.22 bits per heavy atom. The summed E-state index contributed by atoms with van der Waals surface area (Å²) in [6.07, 6.45) is 0. The first-order valence-corrected chi connectivity index (χ1v) is 7.50. The third-order valence-electron chi connectivity index (χ3n) is 2.83. The van der Waals surface area contributed by atoms with Crippen LogP contribution in [0.1, 0.15) is 17.3 Å². The van der Waals surface area contributed by atoms with Gasteiger partial charge in [0.25, 0.3) is 0 Å². The second-order valence-corrected chi connectivity index (χ2v) is 6.00. The Hall–Kier alpha value is -2.81. The Kier molecular flexibility index (Phi) is 5.02. The maximum absolute atomic E-state index is 12.2. The topological polar surface area (TPSA) is 150 Å². The van der Waals surface area contributed by atoms with Gasteiger partial charge in [-0.25, -0.2) is 9.97 Å². The number of hydrogen-bond donors (Lipinski definition) is 4. The van der Waals surface area contributed by atoms with Crippen LogP contribution in [-0.4, -0.2) is 27.0 Å². The SMILES string of the molecule is CC(Sc1nc(N)cc(N)n1)C(=O)Nc1ccc(C(N)=O)cc1. The summed E-state index contributed by atoms with van der Waals surface area (Å²) in [5.74, 6) is -0.279. The highest BCUT2D eigenvalue weighted by Gasteiger charge is 2.17. The van der Waals surface area contributed by atoms with Gasteiger partial charge in [0, 0.05) is 17.3 Å². The first-order valence-electron chi connectivity index (χ1n) is 6.62. The molecule has 9 heteroatoms. The van der Waals surface area contributed by atoms with E-state index in [1.807, 2.05) is 0 Å². The van der Waals surface area contributed by atoms with E-state index in [1.54, 1.807) is 19.1 Å². The monoisotopic (exact) mass is 332 g/mol. The van der Waals surface area contributed by atoms with Crippen LogP contribution in [0, 0.1) is 0 Å². The van der Waals surface area contributed by atoms with Crippen LogP contribution in [0.4, 0.5) is 17.3 Å². The maximum Gasteiger partial charge on any atom is 0.248 e. The van der Waals surface area contributed by atoms with Gasteiger partial charge in [-0.2, -0.15) is 0 Å². The van der Waals surface area contributed by atoms with Gasteiger partial charge in [-0.05, 0) is 31.2 Å². The van der Waals surface area contributed by atoms with Crippen LogP contribution in [0.15, 0.2) is 35.5 Å². The molecule has 0 bridgehead atoms. The lowest BCUT2D eigenvalue weighted by Gasteiger charge is -2.11. The fourth-order valence-electron chi connectivity index (χ4n) is 1.69. The van der Waals surface area contributed by atoms with Crippen molar-refractivity contribution in [3.63, 3.8) is 0 Å². The Bertz CT molecular complexity index is 714. The van der Waals surface area contributed by atoms with Crippen LogP contribution in [-0.2, 0) is 4.79 Å². The summed E-state index contributed by atoms with van der Waals surface area (Å²) in [6, 6.07) is 7.72. The largest absolute Gasteiger partial charge is 0.383 e. The number of rotatable bonds is 5. The van der Waals surface area contributed by atoms with Gasteiger partial charge in [0.05, 0.1) is 5.25 Å². The molecule has 0 aliphatic carbocycles. The molecule has 0 radical (unpaired) electrons. The molecule has 0 aliphatic rings. The zero-order chi connectivity index (χ0) is 17.0. The number of carbonyl (C=O) groups excluding carboxylic acids is 2. The molecule has 120 valence electrons. The summed E-state index contributed by atoms with van der Waals surface area (Å²) in [5, 5.41) is 2.59. The van der Waals surface area contributed by atoms with Gasteiger partial charge in [0.1, 0.15) is 11.6 Å². The summed E-state index contributed by atoms with van der Waals surface area (Å²) in [5.41, 5.74) is 17.3. The molecular formula is C14H16N6O2S. The zero-order valence-corrected chi connectivity index (χ0v) is 13.1. The van der Waals surface area contributed by atoms with E-state index < -0.39 is 11.2 Å². The molecular weight excluding hydrogens is 316 g/mol. The summed E-state index contributed by atoms with van der Waals surface area (Å²) < 4.78 is 0. The Balaban J connectivity index is 2.00. The standard InChI is InChI=1S/C14H16N6O2S/c1-7(23-14-19-10(15)6-11(16)20-14)13(22)18-9-4-2-8(3-5-9)12(17)21/h2-7H,1H3,(H2,17,21)(H,18,22)(H4,15,16,19,20). The summed E-state index contributed by atoms with van der Waals surface area (Å²) >= 11 is 1.14. The molecule has 1 aromatic carbocycles. The number of nitrogens with two attached hydrogens (primary N) is 3. The van der Waals surface area contributed by atoms with Gasteiger partial charge in [0.15, 0.2) is 5.16 Å². The molecule has 0 spiro atoms. The van der Waals surface area contributed by atoms with E-state index in [9.17, 15) is 9.59 Å². The highest BCUT2D eigenvalue weighted by atomic mass is 32.2. The van der Waals surface area contributed by atoms with Crippen molar-refractivity contribution in [2.75, 3.05) is 16.8 Å². The molecule has 23 heavy (non-hydrogen) atoms. The van der Waals surface area contributed by atoms with Crippen molar-refractivity contribution in [3.05, 3.63) is 35.9 Å². The summed E-state index contributed by atoms with van der Waals surface area (Å²) in [6.45, 7) is 1.71. The van der Waals surface area contributed by atoms with Crippen LogP contribution >= 0.6 is 11.8 Å². The van der Waals surface area contributed by atoms with Crippen LogP contribution in [0.5, 0.6) is 0 Å². The van der Waals surface area contributed by atoms with E-state index in [-0.39, 0.29) is 17.5 Å². The lowest BCUT2D eigenvalue weighted by Crippen LogP contribution is -2.23. The molecule has 1 aromatic heterocycles. The first-order chi connectivity index (χ1) is 10.8. The fraction of sp³-hybridized carbons (Fsp3) is 0.143. The molecule has 0 saturated heterocycles. The quantitative estimate of drug-likeness (QED) is 0.468. The minimum atomic E-state index is -0.525. The van der Waals surface area contributed by atoms with Gasteiger partial charge in [-0.15, -0.1) is 0 Å². The van der Waals surface area contributed by atoms with Crippen LogP contribution < -0.4 is 22.5 Å². The van der Waals surface area contributed by atoms with E-state index in [4.69, 9.17) is 17.2 Å². The number of primary amides is 1. The number of thioether (sulfide) groups is 1. The van der Waals surface area contributed by atoms with Gasteiger partial charge in [0.2, 0.25) is 11.8 Å². The van der Waals surface area contributed by atoms with Crippen LogP contribution in [0.3, 0.4) is 0 Å². The van der Waals surface area contributed by atoms with Gasteiger partial charge < -0.3 is 22.5 Å². The second-order valence-electron chi connectivity index (χ2n) is 4.69. The molecule has 2 rings (SSSR count). The van der Waals surface area contributed by atoms with E-state index in [0.29, 0.717) is 16.4 Å². The minimum Gasteiger partial charge on any atom is -0.383 e. The Morgan fingerprint density at radius 1 is 1.13 bits per heavy atom. The summed E-state index contributed by atoms with van der Waals surface area (Å²) in [4.78, 5) is 31.2. The minimum absolute atomic E-state index is 0.244. The fourth-order valence-corrected chi connectivity index (χ4v) is 2.49.